The van der Waals surface area contributed by atoms with Crippen molar-refractivity contribution in [2.45, 2.75) is 26.7 Å². The molecule has 0 saturated heterocycles. The van der Waals surface area contributed by atoms with Gasteiger partial charge in [-0.15, -0.1) is 12.4 Å². The SMILES string of the molecule is COc1cc(Nc2cc(Oc3ccc(CC(=O)Cc4ccccc4)cc3)ncn2)cc(C)c1C.Cl. The monoisotopic (exact) mass is 489 g/mol. The van der Waals surface area contributed by atoms with Crippen LogP contribution in [0.5, 0.6) is 17.4 Å². The number of Topliss-reactive ketones (excluding diaryl/α,β-unsaturated/α-hetero) is 1. The molecule has 7 heteroatoms. The van der Waals surface area contributed by atoms with Gasteiger partial charge in [0.15, 0.2) is 0 Å². The van der Waals surface area contributed by atoms with Gasteiger partial charge in [-0.3, -0.25) is 4.79 Å². The standard InChI is InChI=1S/C28H27N3O3.ClH/c1-19-13-23(16-26(33-3)20(19)2)31-27-17-28(30-18-29-27)34-25-11-9-22(10-12-25)15-24(32)14-21-7-5-4-6-8-21;/h4-13,16-18H,14-15H2,1-3H3,(H,29,30,31);1H. The molecule has 1 aromatic heterocycles. The summed E-state index contributed by atoms with van der Waals surface area (Å²) in [6.07, 6.45) is 2.27. The average molecular weight is 490 g/mol. The summed E-state index contributed by atoms with van der Waals surface area (Å²) in [6, 6.07) is 23.0. The van der Waals surface area contributed by atoms with Gasteiger partial charge in [0.25, 0.3) is 0 Å². The summed E-state index contributed by atoms with van der Waals surface area (Å²) in [7, 11) is 1.66. The lowest BCUT2D eigenvalue weighted by molar-refractivity contribution is -0.117. The number of aromatic nitrogens is 2. The Morgan fingerprint density at radius 3 is 2.26 bits per heavy atom. The van der Waals surface area contributed by atoms with E-state index >= 15 is 0 Å². The number of hydrogen-bond donors (Lipinski definition) is 1. The molecule has 0 amide bonds. The number of anilines is 2. The fraction of sp³-hybridized carbons (Fsp3) is 0.179. The van der Waals surface area contributed by atoms with E-state index in [-0.39, 0.29) is 18.2 Å². The van der Waals surface area contributed by atoms with Gasteiger partial charge in [-0.25, -0.2) is 9.97 Å². The Hall–Kier alpha value is -3.90. The second kappa shape index (κ2) is 12.0. The number of carbonyl (C=O) groups excluding carboxylic acids is 1. The minimum Gasteiger partial charge on any atom is -0.496 e. The van der Waals surface area contributed by atoms with Crippen LogP contribution in [0.2, 0.25) is 0 Å². The number of methoxy groups -OCH3 is 1. The highest BCUT2D eigenvalue weighted by Crippen LogP contribution is 2.29. The number of ketones is 1. The number of ether oxygens (including phenoxy) is 2. The van der Waals surface area contributed by atoms with Crippen LogP contribution in [0.1, 0.15) is 22.3 Å². The van der Waals surface area contributed by atoms with Gasteiger partial charge in [0.2, 0.25) is 5.88 Å². The third-order valence-corrected chi connectivity index (χ3v) is 5.55. The van der Waals surface area contributed by atoms with Crippen molar-refractivity contribution in [1.29, 1.82) is 0 Å². The Balaban J connectivity index is 0.00000342. The summed E-state index contributed by atoms with van der Waals surface area (Å²) in [5.41, 5.74) is 5.07. The lowest BCUT2D eigenvalue weighted by Crippen LogP contribution is -2.06. The topological polar surface area (TPSA) is 73.3 Å². The maximum absolute atomic E-state index is 12.4. The van der Waals surface area contributed by atoms with Crippen LogP contribution < -0.4 is 14.8 Å². The van der Waals surface area contributed by atoms with E-state index < -0.39 is 0 Å². The molecule has 0 bridgehead atoms. The molecule has 6 nitrogen and oxygen atoms in total. The molecule has 0 aliphatic carbocycles. The highest BCUT2D eigenvalue weighted by Gasteiger charge is 2.09. The molecule has 0 fully saturated rings. The number of hydrogen-bond acceptors (Lipinski definition) is 6. The van der Waals surface area contributed by atoms with Crippen molar-refractivity contribution < 1.29 is 14.3 Å². The first-order valence-corrected chi connectivity index (χ1v) is 11.1. The zero-order valence-corrected chi connectivity index (χ0v) is 20.8. The smallest absolute Gasteiger partial charge is 0.224 e. The highest BCUT2D eigenvalue weighted by atomic mass is 35.5. The molecule has 1 heterocycles. The predicted molar refractivity (Wildman–Crippen MR) is 140 cm³/mol. The van der Waals surface area contributed by atoms with E-state index in [1.54, 1.807) is 13.2 Å². The Morgan fingerprint density at radius 1 is 0.886 bits per heavy atom. The van der Waals surface area contributed by atoms with E-state index in [4.69, 9.17) is 9.47 Å². The van der Waals surface area contributed by atoms with Crippen LogP contribution in [-0.4, -0.2) is 22.9 Å². The minimum atomic E-state index is 0. The molecular weight excluding hydrogens is 462 g/mol. The normalized spacial score (nSPS) is 10.3. The first-order valence-electron chi connectivity index (χ1n) is 11.1. The maximum atomic E-state index is 12.4. The third-order valence-electron chi connectivity index (χ3n) is 5.55. The first-order chi connectivity index (χ1) is 16.5. The van der Waals surface area contributed by atoms with E-state index in [2.05, 4.69) is 15.3 Å². The second-order valence-corrected chi connectivity index (χ2v) is 8.11. The number of halogens is 1. The van der Waals surface area contributed by atoms with Gasteiger partial charge >= 0.3 is 0 Å². The largest absolute Gasteiger partial charge is 0.496 e. The Morgan fingerprint density at radius 2 is 1.57 bits per heavy atom. The minimum absolute atomic E-state index is 0. The molecule has 35 heavy (non-hydrogen) atoms. The Bertz CT molecular complexity index is 1280. The lowest BCUT2D eigenvalue weighted by atomic mass is 10.0. The number of carbonyl (C=O) groups is 1. The summed E-state index contributed by atoms with van der Waals surface area (Å²) in [5.74, 6) is 2.65. The van der Waals surface area contributed by atoms with E-state index in [1.807, 2.05) is 80.6 Å². The maximum Gasteiger partial charge on any atom is 0.224 e. The molecule has 0 radical (unpaired) electrons. The highest BCUT2D eigenvalue weighted by molar-refractivity contribution is 5.85. The number of aryl methyl sites for hydroxylation is 1. The van der Waals surface area contributed by atoms with Gasteiger partial charge in [-0.2, -0.15) is 0 Å². The Kier molecular flexibility index (Phi) is 8.81. The average Bonchev–Trinajstić information content (AvgIpc) is 2.83. The number of nitrogens with zero attached hydrogens (tertiary/aromatic N) is 2. The van der Waals surface area contributed by atoms with Crippen LogP contribution in [0.3, 0.4) is 0 Å². The molecule has 3 aromatic carbocycles. The third kappa shape index (κ3) is 7.04. The van der Waals surface area contributed by atoms with Crippen LogP contribution in [0.25, 0.3) is 0 Å². The molecule has 0 aliphatic heterocycles. The van der Waals surface area contributed by atoms with Gasteiger partial charge in [0, 0.05) is 30.7 Å². The zero-order chi connectivity index (χ0) is 23.9. The van der Waals surface area contributed by atoms with Crippen molar-refractivity contribution in [3.8, 4) is 17.4 Å². The van der Waals surface area contributed by atoms with Crippen LogP contribution in [-0.2, 0) is 17.6 Å². The van der Waals surface area contributed by atoms with E-state index in [0.29, 0.717) is 30.3 Å². The Labute approximate surface area is 211 Å². The zero-order valence-electron chi connectivity index (χ0n) is 19.9. The molecule has 4 rings (SSSR count). The summed E-state index contributed by atoms with van der Waals surface area (Å²) in [5, 5.41) is 3.27. The molecule has 0 unspecified atom stereocenters. The molecule has 4 aromatic rings. The molecule has 180 valence electrons. The summed E-state index contributed by atoms with van der Waals surface area (Å²) >= 11 is 0. The molecule has 0 spiro atoms. The predicted octanol–water partition coefficient (Wildman–Crippen LogP) is 6.41. The van der Waals surface area contributed by atoms with Crippen LogP contribution >= 0.6 is 12.4 Å². The van der Waals surface area contributed by atoms with Crippen molar-refractivity contribution in [2.75, 3.05) is 12.4 Å². The quantitative estimate of drug-likeness (QED) is 0.292. The molecule has 1 N–H and O–H groups in total. The fourth-order valence-electron chi connectivity index (χ4n) is 3.63. The first kappa shape index (κ1) is 25.7. The molecule has 0 aliphatic rings. The number of benzene rings is 3. The van der Waals surface area contributed by atoms with Crippen molar-refractivity contribution in [3.63, 3.8) is 0 Å². The van der Waals surface area contributed by atoms with E-state index in [0.717, 1.165) is 33.7 Å². The van der Waals surface area contributed by atoms with Gasteiger partial charge in [0.1, 0.15) is 29.4 Å². The summed E-state index contributed by atoms with van der Waals surface area (Å²) in [6.45, 7) is 4.06. The number of nitrogens with one attached hydrogen (secondary N) is 1. The van der Waals surface area contributed by atoms with Crippen LogP contribution in [0.4, 0.5) is 11.5 Å². The molecule has 0 saturated carbocycles. The van der Waals surface area contributed by atoms with Gasteiger partial charge in [-0.05, 0) is 54.3 Å². The lowest BCUT2D eigenvalue weighted by Gasteiger charge is -2.13. The van der Waals surface area contributed by atoms with Crippen molar-refractivity contribution in [1.82, 2.24) is 9.97 Å². The molecular formula is C28H28ClN3O3. The van der Waals surface area contributed by atoms with E-state index in [9.17, 15) is 4.79 Å². The van der Waals surface area contributed by atoms with Crippen molar-refractivity contribution in [2.24, 2.45) is 0 Å². The summed E-state index contributed by atoms with van der Waals surface area (Å²) < 4.78 is 11.4. The summed E-state index contributed by atoms with van der Waals surface area (Å²) in [4.78, 5) is 20.9. The van der Waals surface area contributed by atoms with Crippen molar-refractivity contribution >= 4 is 29.7 Å². The molecule has 0 atom stereocenters. The van der Waals surface area contributed by atoms with Crippen LogP contribution in [0, 0.1) is 13.8 Å². The van der Waals surface area contributed by atoms with Gasteiger partial charge in [0.05, 0.1) is 7.11 Å². The van der Waals surface area contributed by atoms with Crippen LogP contribution in [0.15, 0.2) is 79.1 Å². The van der Waals surface area contributed by atoms with E-state index in [1.165, 1.54) is 6.33 Å². The second-order valence-electron chi connectivity index (χ2n) is 8.11. The van der Waals surface area contributed by atoms with Gasteiger partial charge in [-0.1, -0.05) is 42.5 Å². The van der Waals surface area contributed by atoms with Crippen molar-refractivity contribution in [3.05, 3.63) is 101 Å². The fourth-order valence-corrected chi connectivity index (χ4v) is 3.63. The number of rotatable bonds is 9. The van der Waals surface area contributed by atoms with Gasteiger partial charge < -0.3 is 14.8 Å².